The first-order valence-electron chi connectivity index (χ1n) is 4.12. The summed E-state index contributed by atoms with van der Waals surface area (Å²) in [5.74, 6) is 0. The van der Waals surface area contributed by atoms with Gasteiger partial charge in [-0.3, -0.25) is 0 Å². The van der Waals surface area contributed by atoms with Crippen molar-refractivity contribution in [3.05, 3.63) is 0 Å². The molecule has 0 fully saturated rings. The molecular formula is C9H19Cl. The first-order chi connectivity index (χ1) is 4.48. The Labute approximate surface area is 70.0 Å². The molecule has 0 aliphatic rings. The molecule has 1 heteroatoms. The molecule has 0 aromatic heterocycles. The lowest BCUT2D eigenvalue weighted by Gasteiger charge is -2.24. The van der Waals surface area contributed by atoms with Crippen molar-refractivity contribution in [2.45, 2.75) is 52.3 Å². The smallest absolute Gasteiger partial charge is 0.0384 e. The highest BCUT2D eigenvalue weighted by atomic mass is 35.5. The summed E-state index contributed by atoms with van der Waals surface area (Å²) in [6.45, 7) is 8.78. The Balaban J connectivity index is 3.52. The van der Waals surface area contributed by atoms with Crippen LogP contribution in [0.5, 0.6) is 0 Å². The van der Waals surface area contributed by atoms with Gasteiger partial charge in [0.2, 0.25) is 0 Å². The van der Waals surface area contributed by atoms with Gasteiger partial charge in [0.25, 0.3) is 0 Å². The van der Waals surface area contributed by atoms with Crippen LogP contribution in [0, 0.1) is 5.41 Å². The minimum absolute atomic E-state index is 0.275. The predicted molar refractivity (Wildman–Crippen MR) is 48.6 cm³/mol. The molecule has 0 radical (unpaired) electrons. The first kappa shape index (κ1) is 10.3. The average molecular weight is 163 g/mol. The number of hydrogen-bond donors (Lipinski definition) is 0. The molecule has 0 aliphatic carbocycles. The second-order valence-electron chi connectivity index (χ2n) is 3.98. The normalized spacial score (nSPS) is 15.3. The summed E-state index contributed by atoms with van der Waals surface area (Å²) in [5, 5.41) is 0.340. The van der Waals surface area contributed by atoms with Gasteiger partial charge in [-0.15, -0.1) is 11.6 Å². The zero-order chi connectivity index (χ0) is 8.20. The van der Waals surface area contributed by atoms with Gasteiger partial charge in [-0.2, -0.15) is 0 Å². The monoisotopic (exact) mass is 162 g/mol. The topological polar surface area (TPSA) is 0 Å². The van der Waals surface area contributed by atoms with Crippen molar-refractivity contribution in [2.75, 3.05) is 0 Å². The van der Waals surface area contributed by atoms with Gasteiger partial charge in [0.15, 0.2) is 0 Å². The third-order valence-corrected chi connectivity index (χ3v) is 2.62. The summed E-state index contributed by atoms with van der Waals surface area (Å²) in [6, 6.07) is 0. The lowest BCUT2D eigenvalue weighted by Crippen LogP contribution is -2.20. The fourth-order valence-corrected chi connectivity index (χ4v) is 0.971. The van der Waals surface area contributed by atoms with Crippen LogP contribution in [-0.4, -0.2) is 5.38 Å². The van der Waals surface area contributed by atoms with Crippen LogP contribution in [0.3, 0.4) is 0 Å². The number of halogens is 1. The molecule has 10 heavy (non-hydrogen) atoms. The van der Waals surface area contributed by atoms with Gasteiger partial charge in [0.05, 0.1) is 0 Å². The fraction of sp³-hybridized carbons (Fsp3) is 1.00. The standard InChI is InChI=1S/C9H19Cl/c1-5-6-7-8(10)9(2,3)4/h8H,5-7H2,1-4H3. The van der Waals surface area contributed by atoms with Crippen LogP contribution >= 0.6 is 11.6 Å². The van der Waals surface area contributed by atoms with Crippen molar-refractivity contribution in [1.29, 1.82) is 0 Å². The van der Waals surface area contributed by atoms with Gasteiger partial charge in [0, 0.05) is 5.38 Å². The molecule has 62 valence electrons. The zero-order valence-corrected chi connectivity index (χ0v) is 8.33. The Morgan fingerprint density at radius 3 is 2.10 bits per heavy atom. The number of rotatable bonds is 3. The van der Waals surface area contributed by atoms with E-state index < -0.39 is 0 Å². The van der Waals surface area contributed by atoms with Crippen molar-refractivity contribution >= 4 is 11.6 Å². The lowest BCUT2D eigenvalue weighted by molar-refractivity contribution is 0.368. The molecule has 0 aliphatic heterocycles. The fourth-order valence-electron chi connectivity index (χ4n) is 0.816. The Bertz CT molecular complexity index is 81.2. The zero-order valence-electron chi connectivity index (χ0n) is 7.58. The molecule has 0 heterocycles. The highest BCUT2D eigenvalue weighted by Gasteiger charge is 2.20. The quantitative estimate of drug-likeness (QED) is 0.554. The SMILES string of the molecule is CCCCC(Cl)C(C)(C)C. The molecule has 0 aromatic carbocycles. The van der Waals surface area contributed by atoms with Crippen LogP contribution in [-0.2, 0) is 0 Å². The Kier molecular flexibility index (Phi) is 4.35. The van der Waals surface area contributed by atoms with E-state index in [9.17, 15) is 0 Å². The second-order valence-corrected chi connectivity index (χ2v) is 4.50. The molecule has 0 aromatic rings. The number of alkyl halides is 1. The van der Waals surface area contributed by atoms with Crippen LogP contribution in [0.1, 0.15) is 47.0 Å². The minimum atomic E-state index is 0.275. The number of unbranched alkanes of at least 4 members (excludes halogenated alkanes) is 1. The Morgan fingerprint density at radius 2 is 1.80 bits per heavy atom. The van der Waals surface area contributed by atoms with Gasteiger partial charge in [0.1, 0.15) is 0 Å². The number of hydrogen-bond acceptors (Lipinski definition) is 0. The second kappa shape index (κ2) is 4.23. The molecule has 0 amide bonds. The minimum Gasteiger partial charge on any atom is -0.122 e. The summed E-state index contributed by atoms with van der Waals surface area (Å²) in [7, 11) is 0. The summed E-state index contributed by atoms with van der Waals surface area (Å²) >= 11 is 6.14. The predicted octanol–water partition coefficient (Wildman–Crippen LogP) is 3.83. The highest BCUT2D eigenvalue weighted by Crippen LogP contribution is 2.28. The maximum Gasteiger partial charge on any atom is 0.0384 e. The van der Waals surface area contributed by atoms with Crippen LogP contribution < -0.4 is 0 Å². The largest absolute Gasteiger partial charge is 0.122 e. The van der Waals surface area contributed by atoms with Crippen molar-refractivity contribution in [3.63, 3.8) is 0 Å². The molecule has 0 spiro atoms. The van der Waals surface area contributed by atoms with Gasteiger partial charge in [-0.05, 0) is 11.8 Å². The lowest BCUT2D eigenvalue weighted by atomic mass is 9.89. The van der Waals surface area contributed by atoms with E-state index >= 15 is 0 Å². The Morgan fingerprint density at radius 1 is 1.30 bits per heavy atom. The van der Waals surface area contributed by atoms with E-state index in [0.29, 0.717) is 5.38 Å². The molecule has 0 saturated heterocycles. The van der Waals surface area contributed by atoms with Crippen LogP contribution in [0.4, 0.5) is 0 Å². The maximum absolute atomic E-state index is 6.14. The van der Waals surface area contributed by atoms with Gasteiger partial charge >= 0.3 is 0 Å². The average Bonchev–Trinajstić information content (AvgIpc) is 1.80. The third kappa shape index (κ3) is 4.16. The van der Waals surface area contributed by atoms with E-state index in [1.54, 1.807) is 0 Å². The van der Waals surface area contributed by atoms with E-state index in [-0.39, 0.29) is 5.41 Å². The van der Waals surface area contributed by atoms with Crippen molar-refractivity contribution in [2.24, 2.45) is 5.41 Å². The van der Waals surface area contributed by atoms with Gasteiger partial charge in [-0.25, -0.2) is 0 Å². The van der Waals surface area contributed by atoms with E-state index in [4.69, 9.17) is 11.6 Å². The van der Waals surface area contributed by atoms with E-state index in [0.717, 1.165) is 6.42 Å². The molecule has 0 nitrogen and oxygen atoms in total. The van der Waals surface area contributed by atoms with Crippen LogP contribution in [0.15, 0.2) is 0 Å². The molecule has 0 saturated carbocycles. The van der Waals surface area contributed by atoms with Gasteiger partial charge in [-0.1, -0.05) is 40.5 Å². The van der Waals surface area contributed by atoms with Crippen molar-refractivity contribution in [1.82, 2.24) is 0 Å². The van der Waals surface area contributed by atoms with E-state index in [1.165, 1.54) is 12.8 Å². The summed E-state index contributed by atoms with van der Waals surface area (Å²) in [4.78, 5) is 0. The summed E-state index contributed by atoms with van der Waals surface area (Å²) in [6.07, 6.45) is 3.66. The molecular weight excluding hydrogens is 144 g/mol. The first-order valence-corrected chi connectivity index (χ1v) is 4.56. The van der Waals surface area contributed by atoms with E-state index in [2.05, 4.69) is 27.7 Å². The van der Waals surface area contributed by atoms with Crippen LogP contribution in [0.25, 0.3) is 0 Å². The molecule has 1 atom stereocenters. The van der Waals surface area contributed by atoms with Gasteiger partial charge < -0.3 is 0 Å². The molecule has 0 bridgehead atoms. The molecule has 0 N–H and O–H groups in total. The third-order valence-electron chi connectivity index (χ3n) is 1.75. The van der Waals surface area contributed by atoms with E-state index in [1.807, 2.05) is 0 Å². The highest BCUT2D eigenvalue weighted by molar-refractivity contribution is 6.21. The summed E-state index contributed by atoms with van der Waals surface area (Å²) < 4.78 is 0. The maximum atomic E-state index is 6.14. The molecule has 0 rings (SSSR count). The van der Waals surface area contributed by atoms with Crippen LogP contribution in [0.2, 0.25) is 0 Å². The van der Waals surface area contributed by atoms with Crippen molar-refractivity contribution in [3.8, 4) is 0 Å². The summed E-state index contributed by atoms with van der Waals surface area (Å²) in [5.41, 5.74) is 0.275. The Hall–Kier alpha value is 0.290. The van der Waals surface area contributed by atoms with Crippen molar-refractivity contribution < 1.29 is 0 Å². The molecule has 1 unspecified atom stereocenters.